The largest absolute Gasteiger partial charge is 0.334 e. The summed E-state index contributed by atoms with van der Waals surface area (Å²) in [7, 11) is 1.89. The lowest BCUT2D eigenvalue weighted by atomic mass is 10.1. The third-order valence-electron chi connectivity index (χ3n) is 3.04. The summed E-state index contributed by atoms with van der Waals surface area (Å²) in [4.78, 5) is 13.8. The van der Waals surface area contributed by atoms with Crippen LogP contribution < -0.4 is 5.73 Å². The van der Waals surface area contributed by atoms with Gasteiger partial charge in [0, 0.05) is 25.4 Å². The quantitative estimate of drug-likeness (QED) is 0.789. The van der Waals surface area contributed by atoms with Crippen molar-refractivity contribution in [2.75, 3.05) is 6.54 Å². The standard InChI is InChI=1S/C11H18N4O/c1-8(12)11(16)15-5-3-4-10(15)9-6-13-14(2)7-9/h6-8,10H,3-5,12H2,1-2H3/t8-,10?/m1/s1. The van der Waals surface area contributed by atoms with Gasteiger partial charge in [0.05, 0.1) is 18.3 Å². The van der Waals surface area contributed by atoms with Crippen LogP contribution >= 0.6 is 0 Å². The molecule has 1 unspecified atom stereocenters. The zero-order valence-electron chi connectivity index (χ0n) is 9.76. The van der Waals surface area contributed by atoms with Crippen LogP contribution in [0.1, 0.15) is 31.4 Å². The van der Waals surface area contributed by atoms with E-state index in [2.05, 4.69) is 5.10 Å². The highest BCUT2D eigenvalue weighted by atomic mass is 16.2. The van der Waals surface area contributed by atoms with Crippen molar-refractivity contribution in [2.24, 2.45) is 12.8 Å². The predicted molar refractivity (Wildman–Crippen MR) is 60.5 cm³/mol. The van der Waals surface area contributed by atoms with E-state index >= 15 is 0 Å². The molecule has 1 aromatic rings. The lowest BCUT2D eigenvalue weighted by Crippen LogP contribution is -2.41. The number of likely N-dealkylation sites (tertiary alicyclic amines) is 1. The summed E-state index contributed by atoms with van der Waals surface area (Å²) >= 11 is 0. The Morgan fingerprint density at radius 1 is 1.69 bits per heavy atom. The molecule has 2 rings (SSSR count). The summed E-state index contributed by atoms with van der Waals surface area (Å²) in [6.07, 6.45) is 5.84. The fourth-order valence-corrected chi connectivity index (χ4v) is 2.25. The predicted octanol–water partition coefficient (Wildman–Crippen LogP) is 0.431. The van der Waals surface area contributed by atoms with Gasteiger partial charge in [-0.2, -0.15) is 5.10 Å². The molecule has 0 spiro atoms. The molecule has 1 saturated heterocycles. The third kappa shape index (κ3) is 1.95. The maximum atomic E-state index is 11.9. The molecule has 1 amide bonds. The summed E-state index contributed by atoms with van der Waals surface area (Å²) in [6, 6.07) is -0.260. The summed E-state index contributed by atoms with van der Waals surface area (Å²) in [5.74, 6) is 0.0337. The minimum absolute atomic E-state index is 0.0337. The summed E-state index contributed by atoms with van der Waals surface area (Å²) < 4.78 is 1.77. The summed E-state index contributed by atoms with van der Waals surface area (Å²) in [5, 5.41) is 4.15. The van der Waals surface area contributed by atoms with Gasteiger partial charge in [-0.1, -0.05) is 0 Å². The Hall–Kier alpha value is -1.36. The number of carbonyl (C=O) groups is 1. The van der Waals surface area contributed by atoms with Crippen LogP contribution in [-0.4, -0.2) is 33.2 Å². The van der Waals surface area contributed by atoms with E-state index < -0.39 is 6.04 Å². The second-order valence-electron chi connectivity index (χ2n) is 4.43. The molecule has 0 aromatic carbocycles. The fraction of sp³-hybridized carbons (Fsp3) is 0.636. The Kier molecular flexibility index (Phi) is 2.96. The first-order chi connectivity index (χ1) is 7.59. The van der Waals surface area contributed by atoms with Crippen molar-refractivity contribution in [3.8, 4) is 0 Å². The van der Waals surface area contributed by atoms with Gasteiger partial charge in [-0.3, -0.25) is 9.48 Å². The zero-order chi connectivity index (χ0) is 11.7. The van der Waals surface area contributed by atoms with Crippen molar-refractivity contribution >= 4 is 5.91 Å². The molecule has 5 nitrogen and oxygen atoms in total. The number of nitrogens with two attached hydrogens (primary N) is 1. The Morgan fingerprint density at radius 3 is 3.00 bits per heavy atom. The summed E-state index contributed by atoms with van der Waals surface area (Å²) in [5.41, 5.74) is 6.75. The van der Waals surface area contributed by atoms with Crippen LogP contribution in [0.4, 0.5) is 0 Å². The number of hydrogen-bond donors (Lipinski definition) is 1. The molecule has 2 N–H and O–H groups in total. The first-order valence-corrected chi connectivity index (χ1v) is 5.64. The lowest BCUT2D eigenvalue weighted by Gasteiger charge is -2.25. The third-order valence-corrected chi connectivity index (χ3v) is 3.04. The lowest BCUT2D eigenvalue weighted by molar-refractivity contribution is -0.133. The minimum Gasteiger partial charge on any atom is -0.334 e. The molecular weight excluding hydrogens is 204 g/mol. The van der Waals surface area contributed by atoms with Crippen LogP contribution in [0.3, 0.4) is 0 Å². The van der Waals surface area contributed by atoms with Crippen LogP contribution in [0.2, 0.25) is 0 Å². The molecule has 2 atom stereocenters. The molecule has 0 aliphatic carbocycles. The molecule has 0 bridgehead atoms. The first kappa shape index (κ1) is 11.1. The van der Waals surface area contributed by atoms with Crippen LogP contribution in [-0.2, 0) is 11.8 Å². The molecule has 88 valence electrons. The van der Waals surface area contributed by atoms with E-state index in [-0.39, 0.29) is 11.9 Å². The molecule has 0 saturated carbocycles. The van der Waals surface area contributed by atoms with Gasteiger partial charge >= 0.3 is 0 Å². The highest BCUT2D eigenvalue weighted by molar-refractivity contribution is 5.81. The number of aromatic nitrogens is 2. The normalized spacial score (nSPS) is 22.4. The number of carbonyl (C=O) groups excluding carboxylic acids is 1. The van der Waals surface area contributed by atoms with E-state index in [0.29, 0.717) is 0 Å². The Bertz CT molecular complexity index is 385. The molecule has 1 aliphatic heterocycles. The van der Waals surface area contributed by atoms with E-state index in [9.17, 15) is 4.79 Å². The van der Waals surface area contributed by atoms with Gasteiger partial charge < -0.3 is 10.6 Å². The monoisotopic (exact) mass is 222 g/mol. The van der Waals surface area contributed by atoms with Crippen LogP contribution in [0, 0.1) is 0 Å². The molecule has 16 heavy (non-hydrogen) atoms. The topological polar surface area (TPSA) is 64.2 Å². The Balaban J connectivity index is 2.18. The van der Waals surface area contributed by atoms with Gasteiger partial charge in [0.25, 0.3) is 0 Å². The molecule has 1 aliphatic rings. The van der Waals surface area contributed by atoms with E-state index in [1.165, 1.54) is 0 Å². The van der Waals surface area contributed by atoms with E-state index in [4.69, 9.17) is 5.73 Å². The smallest absolute Gasteiger partial charge is 0.239 e. The van der Waals surface area contributed by atoms with Gasteiger partial charge in [-0.15, -0.1) is 0 Å². The van der Waals surface area contributed by atoms with Crippen molar-refractivity contribution in [1.29, 1.82) is 0 Å². The minimum atomic E-state index is -0.419. The molecule has 1 fully saturated rings. The van der Waals surface area contributed by atoms with Gasteiger partial charge in [-0.05, 0) is 19.8 Å². The van der Waals surface area contributed by atoms with Crippen molar-refractivity contribution in [3.63, 3.8) is 0 Å². The molecule has 0 radical (unpaired) electrons. The summed E-state index contributed by atoms with van der Waals surface area (Å²) in [6.45, 7) is 2.54. The van der Waals surface area contributed by atoms with E-state index in [0.717, 1.165) is 24.9 Å². The number of hydrogen-bond acceptors (Lipinski definition) is 3. The van der Waals surface area contributed by atoms with Crippen molar-refractivity contribution < 1.29 is 4.79 Å². The van der Waals surface area contributed by atoms with Gasteiger partial charge in [0.15, 0.2) is 0 Å². The van der Waals surface area contributed by atoms with Crippen molar-refractivity contribution in [1.82, 2.24) is 14.7 Å². The van der Waals surface area contributed by atoms with Crippen LogP contribution in [0.15, 0.2) is 12.4 Å². The fourth-order valence-electron chi connectivity index (χ4n) is 2.25. The number of rotatable bonds is 2. The van der Waals surface area contributed by atoms with E-state index in [1.54, 1.807) is 11.6 Å². The molecule has 1 aromatic heterocycles. The SMILES string of the molecule is C[C@@H](N)C(=O)N1CCCC1c1cnn(C)c1. The maximum absolute atomic E-state index is 11.9. The second-order valence-corrected chi connectivity index (χ2v) is 4.43. The van der Waals surface area contributed by atoms with Gasteiger partial charge in [-0.25, -0.2) is 0 Å². The Labute approximate surface area is 95.2 Å². The highest BCUT2D eigenvalue weighted by Crippen LogP contribution is 2.31. The molecular formula is C11H18N4O. The van der Waals surface area contributed by atoms with Crippen molar-refractivity contribution in [2.45, 2.75) is 31.8 Å². The average molecular weight is 222 g/mol. The van der Waals surface area contributed by atoms with Crippen LogP contribution in [0.5, 0.6) is 0 Å². The Morgan fingerprint density at radius 2 is 2.44 bits per heavy atom. The average Bonchev–Trinajstić information content (AvgIpc) is 2.83. The van der Waals surface area contributed by atoms with Crippen LogP contribution in [0.25, 0.3) is 0 Å². The zero-order valence-corrected chi connectivity index (χ0v) is 9.76. The van der Waals surface area contributed by atoms with Crippen molar-refractivity contribution in [3.05, 3.63) is 18.0 Å². The second kappa shape index (κ2) is 4.25. The first-order valence-electron chi connectivity index (χ1n) is 5.64. The van der Waals surface area contributed by atoms with E-state index in [1.807, 2.05) is 24.3 Å². The number of nitrogens with zero attached hydrogens (tertiary/aromatic N) is 3. The maximum Gasteiger partial charge on any atom is 0.239 e. The van der Waals surface area contributed by atoms with Gasteiger partial charge in [0.2, 0.25) is 5.91 Å². The van der Waals surface area contributed by atoms with Gasteiger partial charge in [0.1, 0.15) is 0 Å². The number of aryl methyl sites for hydroxylation is 1. The highest BCUT2D eigenvalue weighted by Gasteiger charge is 2.31. The number of amides is 1. The molecule has 2 heterocycles. The molecule has 5 heteroatoms.